The predicted octanol–water partition coefficient (Wildman–Crippen LogP) is 3.93. The SMILES string of the molecule is C=C(C)C(=O)OC(CCCCC)(OC(=O)C(=C)C)Oc1ccc(C(=O)O)cc1C(=O)O. The van der Waals surface area contributed by atoms with Gasteiger partial charge in [0.15, 0.2) is 0 Å². The maximum atomic E-state index is 12.3. The van der Waals surface area contributed by atoms with Crippen molar-refractivity contribution in [2.45, 2.75) is 52.4 Å². The monoisotopic (exact) mass is 434 g/mol. The predicted molar refractivity (Wildman–Crippen MR) is 110 cm³/mol. The van der Waals surface area contributed by atoms with Gasteiger partial charge in [0.2, 0.25) is 0 Å². The fourth-order valence-electron chi connectivity index (χ4n) is 2.35. The fourth-order valence-corrected chi connectivity index (χ4v) is 2.35. The summed E-state index contributed by atoms with van der Waals surface area (Å²) in [6.07, 6.45) is 1.74. The largest absolute Gasteiger partial charge is 0.478 e. The van der Waals surface area contributed by atoms with Gasteiger partial charge in [-0.05, 0) is 38.5 Å². The second-order valence-corrected chi connectivity index (χ2v) is 6.90. The Balaban J connectivity index is 3.54. The lowest BCUT2D eigenvalue weighted by atomic mass is 10.1. The Hall–Kier alpha value is -3.62. The molecule has 0 bridgehead atoms. The maximum Gasteiger partial charge on any atom is 0.421 e. The Morgan fingerprint density at radius 2 is 1.48 bits per heavy atom. The molecule has 0 unspecified atom stereocenters. The quantitative estimate of drug-likeness (QED) is 0.217. The number of carboxylic acids is 2. The van der Waals surface area contributed by atoms with Crippen molar-refractivity contribution in [1.29, 1.82) is 0 Å². The zero-order valence-electron chi connectivity index (χ0n) is 17.7. The Morgan fingerprint density at radius 1 is 0.935 bits per heavy atom. The van der Waals surface area contributed by atoms with Gasteiger partial charge in [0.05, 0.1) is 12.0 Å². The summed E-state index contributed by atoms with van der Waals surface area (Å²) >= 11 is 0. The van der Waals surface area contributed by atoms with Crippen LogP contribution in [0.15, 0.2) is 42.5 Å². The van der Waals surface area contributed by atoms with Gasteiger partial charge in [-0.3, -0.25) is 0 Å². The van der Waals surface area contributed by atoms with Gasteiger partial charge >= 0.3 is 29.9 Å². The molecule has 9 heteroatoms. The molecule has 0 atom stereocenters. The molecule has 1 aromatic rings. The molecule has 0 amide bonds. The standard InChI is InChI=1S/C22H26O9/c1-6-7-8-11-22(30-20(27)13(2)3,31-21(28)14(4)5)29-17-10-9-15(18(23)24)12-16(17)19(25)26/h9-10,12H,2,4,6-8,11H2,1,3,5H3,(H,23,24)(H,25,26). The summed E-state index contributed by atoms with van der Waals surface area (Å²) in [5.74, 6) is -7.34. The van der Waals surface area contributed by atoms with Crippen LogP contribution < -0.4 is 4.74 Å². The average molecular weight is 434 g/mol. The Morgan fingerprint density at radius 3 is 1.90 bits per heavy atom. The van der Waals surface area contributed by atoms with Crippen LogP contribution in [0.4, 0.5) is 0 Å². The van der Waals surface area contributed by atoms with Crippen molar-refractivity contribution in [3.8, 4) is 5.75 Å². The van der Waals surface area contributed by atoms with Gasteiger partial charge in [-0.1, -0.05) is 32.9 Å². The van der Waals surface area contributed by atoms with E-state index in [2.05, 4.69) is 13.2 Å². The van der Waals surface area contributed by atoms with E-state index in [-0.39, 0.29) is 28.9 Å². The van der Waals surface area contributed by atoms with Crippen LogP contribution in [-0.4, -0.2) is 40.1 Å². The van der Waals surface area contributed by atoms with Crippen molar-refractivity contribution in [2.75, 3.05) is 0 Å². The number of hydrogen-bond acceptors (Lipinski definition) is 7. The van der Waals surface area contributed by atoms with E-state index in [0.717, 1.165) is 24.6 Å². The third kappa shape index (κ3) is 7.29. The van der Waals surface area contributed by atoms with E-state index in [1.54, 1.807) is 0 Å². The van der Waals surface area contributed by atoms with Crippen molar-refractivity contribution in [3.05, 3.63) is 53.6 Å². The molecule has 0 aliphatic heterocycles. The van der Waals surface area contributed by atoms with E-state index in [9.17, 15) is 24.3 Å². The van der Waals surface area contributed by atoms with Gasteiger partial charge in [0, 0.05) is 11.1 Å². The minimum absolute atomic E-state index is 0.00507. The Labute approximate surface area is 179 Å². The van der Waals surface area contributed by atoms with Crippen LogP contribution >= 0.6 is 0 Å². The third-order valence-corrected chi connectivity index (χ3v) is 4.00. The first-order chi connectivity index (χ1) is 14.4. The number of benzene rings is 1. The molecule has 2 N–H and O–H groups in total. The van der Waals surface area contributed by atoms with Crippen LogP contribution in [0.5, 0.6) is 5.75 Å². The van der Waals surface area contributed by atoms with E-state index in [0.29, 0.717) is 12.8 Å². The summed E-state index contributed by atoms with van der Waals surface area (Å²) in [5.41, 5.74) is -0.819. The summed E-state index contributed by atoms with van der Waals surface area (Å²) in [5, 5.41) is 18.6. The number of carbonyl (C=O) groups is 4. The Kier molecular flexibility index (Phi) is 8.98. The lowest BCUT2D eigenvalue weighted by molar-refractivity contribution is -0.309. The normalized spacial score (nSPS) is 10.7. The summed E-state index contributed by atoms with van der Waals surface area (Å²) in [4.78, 5) is 47.5. The molecule has 0 saturated heterocycles. The van der Waals surface area contributed by atoms with Crippen LogP contribution in [0.2, 0.25) is 0 Å². The smallest absolute Gasteiger partial charge is 0.421 e. The molecule has 0 spiro atoms. The number of unbranched alkanes of at least 4 members (excludes halogenated alkanes) is 2. The number of ether oxygens (including phenoxy) is 3. The van der Waals surface area contributed by atoms with Crippen LogP contribution in [0.1, 0.15) is 67.2 Å². The molecule has 1 aromatic carbocycles. The van der Waals surface area contributed by atoms with E-state index >= 15 is 0 Å². The molecular formula is C22H26O9. The summed E-state index contributed by atoms with van der Waals surface area (Å²) < 4.78 is 16.3. The summed E-state index contributed by atoms with van der Waals surface area (Å²) in [6.45, 7) is 11.7. The number of esters is 2. The van der Waals surface area contributed by atoms with Crippen molar-refractivity contribution < 1.29 is 43.6 Å². The van der Waals surface area contributed by atoms with Crippen molar-refractivity contribution >= 4 is 23.9 Å². The number of hydrogen-bond donors (Lipinski definition) is 2. The van der Waals surface area contributed by atoms with E-state index in [1.165, 1.54) is 13.8 Å². The van der Waals surface area contributed by atoms with Crippen molar-refractivity contribution in [3.63, 3.8) is 0 Å². The minimum atomic E-state index is -2.31. The van der Waals surface area contributed by atoms with Gasteiger partial charge in [-0.2, -0.15) is 0 Å². The highest BCUT2D eigenvalue weighted by Gasteiger charge is 2.43. The second-order valence-electron chi connectivity index (χ2n) is 6.90. The van der Waals surface area contributed by atoms with Gasteiger partial charge in [0.25, 0.3) is 0 Å². The molecule has 0 heterocycles. The van der Waals surface area contributed by atoms with E-state index < -0.39 is 35.4 Å². The van der Waals surface area contributed by atoms with E-state index in [4.69, 9.17) is 19.3 Å². The summed E-state index contributed by atoms with van der Waals surface area (Å²) in [6, 6.07) is 3.09. The van der Waals surface area contributed by atoms with Crippen molar-refractivity contribution in [1.82, 2.24) is 0 Å². The zero-order valence-corrected chi connectivity index (χ0v) is 17.7. The molecule has 168 valence electrons. The first-order valence-corrected chi connectivity index (χ1v) is 9.49. The highest BCUT2D eigenvalue weighted by Crippen LogP contribution is 2.31. The number of rotatable bonds is 12. The fraction of sp³-hybridized carbons (Fsp3) is 0.364. The van der Waals surface area contributed by atoms with Crippen molar-refractivity contribution in [2.24, 2.45) is 0 Å². The molecule has 9 nitrogen and oxygen atoms in total. The van der Waals surface area contributed by atoms with Crippen LogP contribution in [0, 0.1) is 0 Å². The van der Waals surface area contributed by atoms with Crippen LogP contribution in [-0.2, 0) is 19.1 Å². The highest BCUT2D eigenvalue weighted by molar-refractivity contribution is 5.96. The lowest BCUT2D eigenvalue weighted by Crippen LogP contribution is -2.46. The van der Waals surface area contributed by atoms with Gasteiger partial charge in [-0.15, -0.1) is 0 Å². The van der Waals surface area contributed by atoms with E-state index in [1.807, 2.05) is 6.92 Å². The highest BCUT2D eigenvalue weighted by atomic mass is 16.9. The van der Waals surface area contributed by atoms with Gasteiger partial charge in [-0.25, -0.2) is 19.2 Å². The summed E-state index contributed by atoms with van der Waals surface area (Å²) in [7, 11) is 0. The lowest BCUT2D eigenvalue weighted by Gasteiger charge is -2.33. The van der Waals surface area contributed by atoms with Gasteiger partial charge < -0.3 is 24.4 Å². The molecule has 0 fully saturated rings. The number of aromatic carboxylic acids is 2. The maximum absolute atomic E-state index is 12.3. The third-order valence-electron chi connectivity index (χ3n) is 4.00. The van der Waals surface area contributed by atoms with Gasteiger partial charge in [0.1, 0.15) is 11.3 Å². The number of carbonyl (C=O) groups excluding carboxylic acids is 2. The Bertz CT molecular complexity index is 870. The molecule has 0 saturated carbocycles. The minimum Gasteiger partial charge on any atom is -0.478 e. The molecule has 0 aliphatic rings. The molecule has 1 rings (SSSR count). The molecule has 0 aliphatic carbocycles. The molecule has 31 heavy (non-hydrogen) atoms. The molecule has 0 aromatic heterocycles. The second kappa shape index (κ2) is 11.0. The number of carboxylic acid groups (broad SMARTS) is 2. The zero-order chi connectivity index (χ0) is 23.8. The van der Waals surface area contributed by atoms with Crippen LogP contribution in [0.3, 0.4) is 0 Å². The topological polar surface area (TPSA) is 136 Å². The first kappa shape index (κ1) is 25.4. The average Bonchev–Trinajstić information content (AvgIpc) is 2.67. The van der Waals surface area contributed by atoms with Crippen LogP contribution in [0.25, 0.3) is 0 Å². The molecular weight excluding hydrogens is 408 g/mol. The first-order valence-electron chi connectivity index (χ1n) is 9.49. The molecule has 0 radical (unpaired) electrons.